The maximum Gasteiger partial charge on any atom is 0.129 e. The van der Waals surface area contributed by atoms with Crippen LogP contribution in [-0.4, -0.2) is 30.5 Å². The molecule has 1 N–H and O–H groups in total. The lowest BCUT2D eigenvalue weighted by Gasteiger charge is -2.31. The van der Waals surface area contributed by atoms with Gasteiger partial charge in [-0.15, -0.1) is 0 Å². The number of hydrogen-bond donors (Lipinski definition) is 1. The second kappa shape index (κ2) is 4.88. The molecule has 0 saturated carbocycles. The van der Waals surface area contributed by atoms with Crippen molar-refractivity contribution in [2.24, 2.45) is 5.92 Å². The topological polar surface area (TPSA) is 36.3 Å². The molecule has 1 aromatic carbocycles. The van der Waals surface area contributed by atoms with E-state index in [9.17, 15) is 0 Å². The number of fused-ring (bicyclic) bond motifs is 1. The van der Waals surface area contributed by atoms with E-state index in [0.717, 1.165) is 12.1 Å². The summed E-state index contributed by atoms with van der Waals surface area (Å²) in [6, 6.07) is 8.45. The van der Waals surface area contributed by atoms with Gasteiger partial charge in [-0.25, -0.2) is 0 Å². The highest BCUT2D eigenvalue weighted by atomic mass is 16.5. The normalized spacial score (nSPS) is 16.5. The summed E-state index contributed by atoms with van der Waals surface area (Å²) in [5.74, 6) is 1.11. The Morgan fingerprint density at radius 3 is 2.65 bits per heavy atom. The van der Waals surface area contributed by atoms with Crippen LogP contribution in [0.5, 0.6) is 0 Å². The van der Waals surface area contributed by atoms with Crippen molar-refractivity contribution in [1.29, 1.82) is 5.41 Å². The average Bonchev–Trinajstić information content (AvgIpc) is 2.64. The summed E-state index contributed by atoms with van der Waals surface area (Å²) in [5.41, 5.74) is 2.31. The predicted octanol–water partition coefficient (Wildman–Crippen LogP) is 2.50. The van der Waals surface area contributed by atoms with E-state index in [-0.39, 0.29) is 6.04 Å². The van der Waals surface area contributed by atoms with E-state index in [4.69, 9.17) is 10.1 Å². The van der Waals surface area contributed by atoms with Gasteiger partial charge in [0.1, 0.15) is 5.84 Å². The van der Waals surface area contributed by atoms with Crippen molar-refractivity contribution in [3.63, 3.8) is 0 Å². The van der Waals surface area contributed by atoms with Gasteiger partial charge in [0.2, 0.25) is 0 Å². The Balaban J connectivity index is 2.23. The molecule has 1 unspecified atom stereocenters. The molecule has 1 aliphatic rings. The molecule has 0 aliphatic carbocycles. The second-order valence-electron chi connectivity index (χ2n) is 4.90. The van der Waals surface area contributed by atoms with Gasteiger partial charge in [-0.3, -0.25) is 5.41 Å². The van der Waals surface area contributed by atoms with E-state index >= 15 is 0 Å². The lowest BCUT2D eigenvalue weighted by molar-refractivity contribution is 0.102. The Bertz CT molecular complexity index is 414. The van der Waals surface area contributed by atoms with Crippen LogP contribution in [-0.2, 0) is 11.3 Å². The first-order chi connectivity index (χ1) is 8.15. The van der Waals surface area contributed by atoms with Gasteiger partial charge in [0.15, 0.2) is 0 Å². The van der Waals surface area contributed by atoms with Gasteiger partial charge in [-0.1, -0.05) is 38.1 Å². The lowest BCUT2D eigenvalue weighted by atomic mass is 10.0. The molecule has 1 atom stereocenters. The van der Waals surface area contributed by atoms with Crippen LogP contribution in [0.15, 0.2) is 24.3 Å². The molecule has 1 aromatic rings. The number of nitrogens with one attached hydrogen (secondary N) is 1. The van der Waals surface area contributed by atoms with Gasteiger partial charge in [0.25, 0.3) is 0 Å². The minimum atomic E-state index is 0.278. The highest BCUT2D eigenvalue weighted by Gasteiger charge is 2.31. The Labute approximate surface area is 103 Å². The Kier molecular flexibility index (Phi) is 3.48. The molecule has 3 heteroatoms. The minimum absolute atomic E-state index is 0.278. The molecule has 0 fully saturated rings. The zero-order valence-electron chi connectivity index (χ0n) is 10.7. The summed E-state index contributed by atoms with van der Waals surface area (Å²) in [6.07, 6.45) is 0. The molecule has 2 rings (SSSR count). The molecule has 1 heterocycles. The molecule has 92 valence electrons. The Morgan fingerprint density at radius 1 is 1.35 bits per heavy atom. The van der Waals surface area contributed by atoms with Crippen LogP contribution in [0.25, 0.3) is 0 Å². The van der Waals surface area contributed by atoms with Crippen molar-refractivity contribution in [3.05, 3.63) is 35.4 Å². The standard InChI is InChI=1S/C14H20N2O/c1-10(2)13(9-17-3)16-8-11-6-4-5-7-12(11)14(16)15/h4-7,10,13,15H,8-9H2,1-3H3. The fourth-order valence-corrected chi connectivity index (χ4v) is 2.40. The maximum absolute atomic E-state index is 8.26. The van der Waals surface area contributed by atoms with E-state index in [1.54, 1.807) is 7.11 Å². The molecule has 0 spiro atoms. The number of hydrogen-bond acceptors (Lipinski definition) is 2. The van der Waals surface area contributed by atoms with Crippen LogP contribution in [0.4, 0.5) is 0 Å². The molecule has 0 aromatic heterocycles. The molecular formula is C14H20N2O. The van der Waals surface area contributed by atoms with E-state index in [1.165, 1.54) is 5.56 Å². The summed E-state index contributed by atoms with van der Waals surface area (Å²) in [4.78, 5) is 2.15. The van der Waals surface area contributed by atoms with Gasteiger partial charge in [0, 0.05) is 19.2 Å². The summed E-state index contributed by atoms with van der Waals surface area (Å²) in [7, 11) is 1.72. The number of rotatable bonds is 4. The summed E-state index contributed by atoms with van der Waals surface area (Å²) >= 11 is 0. The summed E-state index contributed by atoms with van der Waals surface area (Å²) < 4.78 is 5.29. The zero-order chi connectivity index (χ0) is 12.4. The molecule has 17 heavy (non-hydrogen) atoms. The lowest BCUT2D eigenvalue weighted by Crippen LogP contribution is -2.42. The SMILES string of the molecule is COCC(C(C)C)N1Cc2ccccc2C1=N. The third kappa shape index (κ3) is 2.20. The van der Waals surface area contributed by atoms with Gasteiger partial charge in [-0.2, -0.15) is 0 Å². The van der Waals surface area contributed by atoms with E-state index < -0.39 is 0 Å². The quantitative estimate of drug-likeness (QED) is 0.866. The van der Waals surface area contributed by atoms with E-state index in [1.807, 2.05) is 18.2 Å². The van der Waals surface area contributed by atoms with Crippen molar-refractivity contribution in [2.75, 3.05) is 13.7 Å². The van der Waals surface area contributed by atoms with Crippen molar-refractivity contribution < 1.29 is 4.74 Å². The number of amidine groups is 1. The summed E-state index contributed by atoms with van der Waals surface area (Å²) in [6.45, 7) is 5.87. The van der Waals surface area contributed by atoms with Crippen LogP contribution in [0.3, 0.4) is 0 Å². The Morgan fingerprint density at radius 2 is 2.06 bits per heavy atom. The highest BCUT2D eigenvalue weighted by Crippen LogP contribution is 2.26. The first-order valence-corrected chi connectivity index (χ1v) is 6.07. The van der Waals surface area contributed by atoms with Crippen molar-refractivity contribution in [1.82, 2.24) is 4.90 Å². The van der Waals surface area contributed by atoms with Gasteiger partial charge < -0.3 is 9.64 Å². The fourth-order valence-electron chi connectivity index (χ4n) is 2.40. The zero-order valence-corrected chi connectivity index (χ0v) is 10.7. The molecular weight excluding hydrogens is 212 g/mol. The first-order valence-electron chi connectivity index (χ1n) is 6.07. The van der Waals surface area contributed by atoms with Gasteiger partial charge >= 0.3 is 0 Å². The third-order valence-electron chi connectivity index (χ3n) is 3.41. The average molecular weight is 232 g/mol. The smallest absolute Gasteiger partial charge is 0.129 e. The first kappa shape index (κ1) is 12.1. The molecule has 0 saturated heterocycles. The molecule has 1 aliphatic heterocycles. The third-order valence-corrected chi connectivity index (χ3v) is 3.41. The molecule has 0 radical (unpaired) electrons. The number of benzene rings is 1. The van der Waals surface area contributed by atoms with Crippen LogP contribution >= 0.6 is 0 Å². The second-order valence-corrected chi connectivity index (χ2v) is 4.90. The van der Waals surface area contributed by atoms with E-state index in [0.29, 0.717) is 18.4 Å². The van der Waals surface area contributed by atoms with Crippen LogP contribution in [0, 0.1) is 11.3 Å². The molecule has 3 nitrogen and oxygen atoms in total. The predicted molar refractivity (Wildman–Crippen MR) is 69.3 cm³/mol. The van der Waals surface area contributed by atoms with Gasteiger partial charge in [0.05, 0.1) is 12.6 Å². The highest BCUT2D eigenvalue weighted by molar-refractivity contribution is 6.00. The minimum Gasteiger partial charge on any atom is -0.383 e. The van der Waals surface area contributed by atoms with Crippen LogP contribution in [0.1, 0.15) is 25.0 Å². The van der Waals surface area contributed by atoms with Crippen LogP contribution < -0.4 is 0 Å². The number of ether oxygens (including phenoxy) is 1. The van der Waals surface area contributed by atoms with Crippen molar-refractivity contribution in [3.8, 4) is 0 Å². The summed E-state index contributed by atoms with van der Waals surface area (Å²) in [5, 5.41) is 8.26. The number of methoxy groups -OCH3 is 1. The molecule has 0 bridgehead atoms. The van der Waals surface area contributed by atoms with Gasteiger partial charge in [-0.05, 0) is 11.5 Å². The van der Waals surface area contributed by atoms with Crippen molar-refractivity contribution >= 4 is 5.84 Å². The van der Waals surface area contributed by atoms with Crippen molar-refractivity contribution in [2.45, 2.75) is 26.4 Å². The Hall–Kier alpha value is -1.35. The largest absolute Gasteiger partial charge is 0.383 e. The van der Waals surface area contributed by atoms with Crippen LogP contribution in [0.2, 0.25) is 0 Å². The molecule has 0 amide bonds. The fraction of sp³-hybridized carbons (Fsp3) is 0.500. The van der Waals surface area contributed by atoms with E-state index in [2.05, 4.69) is 24.8 Å². The number of nitrogens with zero attached hydrogens (tertiary/aromatic N) is 1. The maximum atomic E-state index is 8.26. The monoisotopic (exact) mass is 232 g/mol.